The Morgan fingerprint density at radius 3 is 2.63 bits per heavy atom. The Bertz CT molecular complexity index is 523. The lowest BCUT2D eigenvalue weighted by Gasteiger charge is -2.18. The summed E-state index contributed by atoms with van der Waals surface area (Å²) >= 11 is 0. The summed E-state index contributed by atoms with van der Waals surface area (Å²) in [5.74, 6) is -0.296. The third-order valence-corrected chi connectivity index (χ3v) is 3.24. The molecule has 2 rings (SSSR count). The number of nitrogens with zero attached hydrogens (tertiary/aromatic N) is 1. The van der Waals surface area contributed by atoms with Crippen LogP contribution in [0.5, 0.6) is 0 Å². The molecule has 0 aliphatic carbocycles. The van der Waals surface area contributed by atoms with Crippen LogP contribution in [0, 0.1) is 12.7 Å². The molecule has 0 radical (unpaired) electrons. The van der Waals surface area contributed by atoms with E-state index < -0.39 is 0 Å². The second-order valence-corrected chi connectivity index (χ2v) is 4.64. The molecule has 1 N–H and O–H groups in total. The number of benzene rings is 1. The van der Waals surface area contributed by atoms with Crippen LogP contribution in [0.4, 0.5) is 4.39 Å². The van der Waals surface area contributed by atoms with Crippen molar-refractivity contribution in [1.29, 1.82) is 0 Å². The molecular formula is C16H19FN2. The van der Waals surface area contributed by atoms with Gasteiger partial charge in [-0.25, -0.2) is 4.39 Å². The quantitative estimate of drug-likeness (QED) is 0.888. The van der Waals surface area contributed by atoms with Crippen LogP contribution >= 0.6 is 0 Å². The summed E-state index contributed by atoms with van der Waals surface area (Å²) in [6, 6.07) is 11.7. The van der Waals surface area contributed by atoms with Gasteiger partial charge >= 0.3 is 0 Å². The van der Waals surface area contributed by atoms with Gasteiger partial charge in [-0.3, -0.25) is 4.98 Å². The lowest BCUT2D eigenvalue weighted by atomic mass is 9.99. The molecule has 0 fully saturated rings. The first-order valence-corrected chi connectivity index (χ1v) is 6.60. The molecule has 1 unspecified atom stereocenters. The first kappa shape index (κ1) is 13.7. The predicted molar refractivity (Wildman–Crippen MR) is 75.5 cm³/mol. The van der Waals surface area contributed by atoms with Crippen LogP contribution in [0.15, 0.2) is 42.6 Å². The second kappa shape index (κ2) is 6.43. The molecule has 1 heterocycles. The third kappa shape index (κ3) is 3.61. The highest BCUT2D eigenvalue weighted by molar-refractivity contribution is 5.27. The summed E-state index contributed by atoms with van der Waals surface area (Å²) in [5.41, 5.74) is 3.44. The Kier molecular flexibility index (Phi) is 4.63. The number of hydrogen-bond acceptors (Lipinski definition) is 2. The SMILES string of the molecule is CCNC(Cc1ccccc1C)c1ccc(F)cn1. The molecule has 2 nitrogen and oxygen atoms in total. The molecule has 0 saturated carbocycles. The van der Waals surface area contributed by atoms with E-state index in [-0.39, 0.29) is 11.9 Å². The fourth-order valence-electron chi connectivity index (χ4n) is 2.18. The van der Waals surface area contributed by atoms with Gasteiger partial charge in [0.1, 0.15) is 5.82 Å². The van der Waals surface area contributed by atoms with Gasteiger partial charge in [-0.2, -0.15) is 0 Å². The van der Waals surface area contributed by atoms with Gasteiger partial charge in [-0.15, -0.1) is 0 Å². The number of rotatable bonds is 5. The van der Waals surface area contributed by atoms with Gasteiger partial charge < -0.3 is 5.32 Å². The molecule has 0 saturated heterocycles. The summed E-state index contributed by atoms with van der Waals surface area (Å²) < 4.78 is 12.9. The van der Waals surface area contributed by atoms with Gasteiger partial charge in [0, 0.05) is 0 Å². The summed E-state index contributed by atoms with van der Waals surface area (Å²) in [4.78, 5) is 4.19. The van der Waals surface area contributed by atoms with E-state index in [9.17, 15) is 4.39 Å². The van der Waals surface area contributed by atoms with Crippen molar-refractivity contribution in [3.05, 3.63) is 65.2 Å². The normalized spacial score (nSPS) is 12.4. The molecule has 0 aliphatic heterocycles. The fourth-order valence-corrected chi connectivity index (χ4v) is 2.18. The van der Waals surface area contributed by atoms with Crippen LogP contribution in [-0.2, 0) is 6.42 Å². The van der Waals surface area contributed by atoms with E-state index in [1.807, 2.05) is 12.1 Å². The highest BCUT2D eigenvalue weighted by Crippen LogP contribution is 2.19. The van der Waals surface area contributed by atoms with E-state index in [0.717, 1.165) is 18.7 Å². The molecule has 19 heavy (non-hydrogen) atoms. The van der Waals surface area contributed by atoms with Crippen LogP contribution in [-0.4, -0.2) is 11.5 Å². The molecule has 1 aromatic carbocycles. The van der Waals surface area contributed by atoms with Gasteiger partial charge in [0.15, 0.2) is 0 Å². The fraction of sp³-hybridized carbons (Fsp3) is 0.312. The number of aromatic nitrogens is 1. The number of nitrogens with one attached hydrogen (secondary N) is 1. The van der Waals surface area contributed by atoms with E-state index in [1.165, 1.54) is 23.4 Å². The van der Waals surface area contributed by atoms with Gasteiger partial charge in [0.05, 0.1) is 17.9 Å². The molecule has 0 amide bonds. The van der Waals surface area contributed by atoms with Crippen molar-refractivity contribution in [2.45, 2.75) is 26.3 Å². The summed E-state index contributed by atoms with van der Waals surface area (Å²) in [6.45, 7) is 5.03. The summed E-state index contributed by atoms with van der Waals surface area (Å²) in [5, 5.41) is 3.41. The van der Waals surface area contributed by atoms with E-state index in [0.29, 0.717) is 0 Å². The average molecular weight is 258 g/mol. The Labute approximate surface area is 113 Å². The third-order valence-electron chi connectivity index (χ3n) is 3.24. The van der Waals surface area contributed by atoms with E-state index in [1.54, 1.807) is 6.07 Å². The van der Waals surface area contributed by atoms with Crippen LogP contribution < -0.4 is 5.32 Å². The van der Waals surface area contributed by atoms with Crippen molar-refractivity contribution in [3.63, 3.8) is 0 Å². The van der Waals surface area contributed by atoms with Crippen molar-refractivity contribution in [2.75, 3.05) is 6.54 Å². The molecule has 1 aromatic heterocycles. The van der Waals surface area contributed by atoms with Gasteiger partial charge in [-0.05, 0) is 43.1 Å². The highest BCUT2D eigenvalue weighted by atomic mass is 19.1. The lowest BCUT2D eigenvalue weighted by Crippen LogP contribution is -2.24. The maximum absolute atomic E-state index is 12.9. The van der Waals surface area contributed by atoms with Crippen molar-refractivity contribution in [2.24, 2.45) is 0 Å². The van der Waals surface area contributed by atoms with Crippen molar-refractivity contribution in [1.82, 2.24) is 10.3 Å². The van der Waals surface area contributed by atoms with Crippen LogP contribution in [0.3, 0.4) is 0 Å². The number of hydrogen-bond donors (Lipinski definition) is 1. The maximum atomic E-state index is 12.9. The predicted octanol–water partition coefficient (Wildman–Crippen LogP) is 3.42. The second-order valence-electron chi connectivity index (χ2n) is 4.64. The molecule has 1 atom stereocenters. The minimum absolute atomic E-state index is 0.117. The van der Waals surface area contributed by atoms with E-state index in [4.69, 9.17) is 0 Å². The molecule has 3 heteroatoms. The molecule has 0 spiro atoms. The van der Waals surface area contributed by atoms with Gasteiger partial charge in [-0.1, -0.05) is 31.2 Å². The zero-order chi connectivity index (χ0) is 13.7. The number of likely N-dealkylation sites (N-methyl/N-ethyl adjacent to an activating group) is 1. The first-order valence-electron chi connectivity index (χ1n) is 6.60. The minimum atomic E-state index is -0.296. The van der Waals surface area contributed by atoms with Crippen LogP contribution in [0.25, 0.3) is 0 Å². The van der Waals surface area contributed by atoms with Crippen LogP contribution in [0.1, 0.15) is 29.8 Å². The Morgan fingerprint density at radius 1 is 1.21 bits per heavy atom. The first-order chi connectivity index (χ1) is 9.20. The van der Waals surface area contributed by atoms with E-state index >= 15 is 0 Å². The topological polar surface area (TPSA) is 24.9 Å². The average Bonchev–Trinajstić information content (AvgIpc) is 2.42. The smallest absolute Gasteiger partial charge is 0.141 e. The lowest BCUT2D eigenvalue weighted by molar-refractivity contribution is 0.531. The Morgan fingerprint density at radius 2 is 2.00 bits per heavy atom. The van der Waals surface area contributed by atoms with Gasteiger partial charge in [0.2, 0.25) is 0 Å². The van der Waals surface area contributed by atoms with Gasteiger partial charge in [0.25, 0.3) is 0 Å². The molecule has 0 bridgehead atoms. The maximum Gasteiger partial charge on any atom is 0.141 e. The largest absolute Gasteiger partial charge is 0.309 e. The number of pyridine rings is 1. The molecule has 100 valence electrons. The summed E-state index contributed by atoms with van der Waals surface area (Å²) in [6.07, 6.45) is 2.14. The minimum Gasteiger partial charge on any atom is -0.309 e. The Balaban J connectivity index is 2.21. The highest BCUT2D eigenvalue weighted by Gasteiger charge is 2.13. The molecule has 2 aromatic rings. The molecular weight excluding hydrogens is 239 g/mol. The van der Waals surface area contributed by atoms with E-state index in [2.05, 4.69) is 36.3 Å². The Hall–Kier alpha value is -1.74. The molecule has 0 aliphatic rings. The zero-order valence-corrected chi connectivity index (χ0v) is 11.4. The van der Waals surface area contributed by atoms with Crippen molar-refractivity contribution in [3.8, 4) is 0 Å². The number of halogens is 1. The summed E-state index contributed by atoms with van der Waals surface area (Å²) in [7, 11) is 0. The van der Waals surface area contributed by atoms with Crippen LogP contribution in [0.2, 0.25) is 0 Å². The monoisotopic (exact) mass is 258 g/mol. The zero-order valence-electron chi connectivity index (χ0n) is 11.4. The standard InChI is InChI=1S/C16H19FN2/c1-3-18-16(15-9-8-14(17)11-19-15)10-13-7-5-4-6-12(13)2/h4-9,11,16,18H,3,10H2,1-2H3. The van der Waals surface area contributed by atoms with Crippen molar-refractivity contribution >= 4 is 0 Å². The van der Waals surface area contributed by atoms with Crippen molar-refractivity contribution < 1.29 is 4.39 Å². The number of aryl methyl sites for hydroxylation is 1.